The Morgan fingerprint density at radius 3 is 2.71 bits per heavy atom. The summed E-state index contributed by atoms with van der Waals surface area (Å²) in [5, 5.41) is 7.83. The topological polar surface area (TPSA) is 106 Å². The molecule has 10 heteroatoms. The van der Waals surface area contributed by atoms with Crippen LogP contribution in [0.2, 0.25) is 5.02 Å². The lowest BCUT2D eigenvalue weighted by atomic mass is 10.0. The first-order valence-corrected chi connectivity index (χ1v) is 14.0. The number of likely N-dealkylation sites (N-methyl/N-ethyl adjacent to an activating group) is 1. The number of carbonyl (C=O) groups is 2. The molecule has 1 fully saturated rings. The summed E-state index contributed by atoms with van der Waals surface area (Å²) in [5.41, 5.74) is 4.75. The van der Waals surface area contributed by atoms with E-state index in [1.807, 2.05) is 67.3 Å². The molecule has 41 heavy (non-hydrogen) atoms. The second-order valence-corrected chi connectivity index (χ2v) is 10.9. The molecule has 0 atom stereocenters. The lowest BCUT2D eigenvalue weighted by Gasteiger charge is -2.32. The van der Waals surface area contributed by atoms with Crippen molar-refractivity contribution in [2.24, 2.45) is 0 Å². The highest BCUT2D eigenvalue weighted by atomic mass is 35.5. The van der Waals surface area contributed by atoms with Crippen LogP contribution in [0, 0.1) is 6.92 Å². The number of anilines is 2. The summed E-state index contributed by atoms with van der Waals surface area (Å²) in [6, 6.07) is 13.6. The van der Waals surface area contributed by atoms with E-state index in [2.05, 4.69) is 20.6 Å². The number of piperidine rings is 1. The molecule has 3 N–H and O–H groups in total. The zero-order chi connectivity index (χ0) is 28.9. The van der Waals surface area contributed by atoms with E-state index in [-0.39, 0.29) is 17.9 Å². The first-order chi connectivity index (χ1) is 19.8. The zero-order valence-corrected chi connectivity index (χ0v) is 24.2. The van der Waals surface area contributed by atoms with Crippen LogP contribution in [0.15, 0.2) is 67.0 Å². The number of carbonyl (C=O) groups excluding carboxylic acids is 2. The van der Waals surface area contributed by atoms with E-state index in [0.29, 0.717) is 47.6 Å². The van der Waals surface area contributed by atoms with Crippen molar-refractivity contribution in [3.8, 4) is 11.3 Å². The summed E-state index contributed by atoms with van der Waals surface area (Å²) in [5.74, 6) is 0.316. The predicted molar refractivity (Wildman–Crippen MR) is 164 cm³/mol. The molecule has 1 aliphatic heterocycles. The molecule has 212 valence electrons. The van der Waals surface area contributed by atoms with Crippen molar-refractivity contribution in [3.63, 3.8) is 0 Å². The molecular formula is C31H34ClN7O2. The van der Waals surface area contributed by atoms with Gasteiger partial charge in [0.15, 0.2) is 0 Å². The average Bonchev–Trinajstić information content (AvgIpc) is 3.38. The van der Waals surface area contributed by atoms with Crippen molar-refractivity contribution in [3.05, 3.63) is 83.2 Å². The second kappa shape index (κ2) is 12.5. The molecule has 0 radical (unpaired) electrons. The Balaban J connectivity index is 1.18. The number of amides is 2. The summed E-state index contributed by atoms with van der Waals surface area (Å²) in [6.45, 7) is 3.81. The number of aryl methyl sites for hydroxylation is 1. The first-order valence-electron chi connectivity index (χ1n) is 13.7. The van der Waals surface area contributed by atoms with Gasteiger partial charge in [-0.25, -0.2) is 9.97 Å². The Labute approximate surface area is 244 Å². The summed E-state index contributed by atoms with van der Waals surface area (Å²) < 4.78 is 0. The summed E-state index contributed by atoms with van der Waals surface area (Å²) in [7, 11) is 3.88. The van der Waals surface area contributed by atoms with E-state index >= 15 is 0 Å². The van der Waals surface area contributed by atoms with Gasteiger partial charge < -0.3 is 25.4 Å². The third kappa shape index (κ3) is 6.75. The van der Waals surface area contributed by atoms with E-state index < -0.39 is 0 Å². The number of aromatic amines is 1. The van der Waals surface area contributed by atoms with E-state index in [1.165, 1.54) is 6.08 Å². The van der Waals surface area contributed by atoms with Crippen molar-refractivity contribution in [1.82, 2.24) is 24.8 Å². The molecule has 0 aliphatic carbocycles. The number of H-pyrrole nitrogens is 1. The molecule has 2 amide bonds. The smallest absolute Gasteiger partial charge is 0.254 e. The second-order valence-electron chi connectivity index (χ2n) is 10.5. The van der Waals surface area contributed by atoms with Crippen LogP contribution in [-0.4, -0.2) is 76.3 Å². The highest BCUT2D eigenvalue weighted by molar-refractivity contribution is 6.33. The number of para-hydroxylation sites is 1. The van der Waals surface area contributed by atoms with Gasteiger partial charge in [-0.05, 0) is 63.7 Å². The average molecular weight is 572 g/mol. The molecule has 1 saturated heterocycles. The van der Waals surface area contributed by atoms with E-state index in [0.717, 1.165) is 34.9 Å². The van der Waals surface area contributed by atoms with Crippen LogP contribution < -0.4 is 10.6 Å². The molecule has 5 rings (SSSR count). The van der Waals surface area contributed by atoms with Gasteiger partial charge >= 0.3 is 0 Å². The molecule has 0 saturated carbocycles. The number of aromatic nitrogens is 3. The molecule has 1 aliphatic rings. The van der Waals surface area contributed by atoms with Crippen molar-refractivity contribution in [2.45, 2.75) is 25.8 Å². The number of halogens is 1. The summed E-state index contributed by atoms with van der Waals surface area (Å²) >= 11 is 6.48. The fourth-order valence-electron chi connectivity index (χ4n) is 5.01. The number of likely N-dealkylation sites (tertiary alicyclic amines) is 1. The first kappa shape index (κ1) is 28.3. The Morgan fingerprint density at radius 1 is 1.17 bits per heavy atom. The van der Waals surface area contributed by atoms with Gasteiger partial charge in [0.25, 0.3) is 5.91 Å². The molecule has 4 aromatic rings. The van der Waals surface area contributed by atoms with Gasteiger partial charge in [-0.3, -0.25) is 9.59 Å². The highest BCUT2D eigenvalue weighted by Gasteiger charge is 2.25. The van der Waals surface area contributed by atoms with Crippen LogP contribution in [-0.2, 0) is 4.79 Å². The van der Waals surface area contributed by atoms with E-state index in [1.54, 1.807) is 24.4 Å². The van der Waals surface area contributed by atoms with Gasteiger partial charge in [0.1, 0.15) is 0 Å². The van der Waals surface area contributed by atoms with Gasteiger partial charge in [-0.1, -0.05) is 35.9 Å². The molecule has 3 heterocycles. The third-order valence-corrected chi connectivity index (χ3v) is 7.44. The van der Waals surface area contributed by atoms with Crippen LogP contribution in [0.3, 0.4) is 0 Å². The van der Waals surface area contributed by atoms with Gasteiger partial charge in [0, 0.05) is 65.7 Å². The number of rotatable bonds is 8. The summed E-state index contributed by atoms with van der Waals surface area (Å²) in [6.07, 6.45) is 8.41. The minimum Gasteiger partial charge on any atom is -0.360 e. The summed E-state index contributed by atoms with van der Waals surface area (Å²) in [4.78, 5) is 41.7. The Morgan fingerprint density at radius 2 is 1.95 bits per heavy atom. The molecule has 2 aromatic heterocycles. The largest absolute Gasteiger partial charge is 0.360 e. The number of hydrogen-bond acceptors (Lipinski definition) is 6. The molecule has 9 nitrogen and oxygen atoms in total. The SMILES string of the molecule is Cc1cc(NC(=O)C=CCN(C)C)ccc1C(=O)N1CCC(Nc2ncc(Cl)c(-c3c[nH]c4ccccc34)n2)CC1. The Hall–Kier alpha value is -4.21. The van der Waals surface area contributed by atoms with Gasteiger partial charge in [0.05, 0.1) is 16.9 Å². The lowest BCUT2D eigenvalue weighted by Crippen LogP contribution is -2.42. The van der Waals surface area contributed by atoms with Crippen molar-refractivity contribution < 1.29 is 9.59 Å². The number of benzene rings is 2. The van der Waals surface area contributed by atoms with Crippen LogP contribution in [0.1, 0.15) is 28.8 Å². The lowest BCUT2D eigenvalue weighted by molar-refractivity contribution is -0.111. The third-order valence-electron chi connectivity index (χ3n) is 7.17. The number of hydrogen-bond donors (Lipinski definition) is 3. The van der Waals surface area contributed by atoms with Crippen molar-refractivity contribution in [1.29, 1.82) is 0 Å². The minimum absolute atomic E-state index is 0.00549. The molecule has 0 bridgehead atoms. The molecular weight excluding hydrogens is 538 g/mol. The predicted octanol–water partition coefficient (Wildman–Crippen LogP) is 5.36. The Bertz CT molecular complexity index is 1590. The molecule has 2 aromatic carbocycles. The Kier molecular flexibility index (Phi) is 8.66. The maximum absolute atomic E-state index is 13.3. The zero-order valence-electron chi connectivity index (χ0n) is 23.4. The quantitative estimate of drug-likeness (QED) is 0.246. The van der Waals surface area contributed by atoms with Crippen LogP contribution in [0.4, 0.5) is 11.6 Å². The van der Waals surface area contributed by atoms with E-state index in [9.17, 15) is 9.59 Å². The van der Waals surface area contributed by atoms with Crippen LogP contribution >= 0.6 is 11.6 Å². The maximum Gasteiger partial charge on any atom is 0.254 e. The highest BCUT2D eigenvalue weighted by Crippen LogP contribution is 2.32. The minimum atomic E-state index is -0.196. The fourth-order valence-corrected chi connectivity index (χ4v) is 5.20. The number of nitrogens with one attached hydrogen (secondary N) is 3. The maximum atomic E-state index is 13.3. The number of nitrogens with zero attached hydrogens (tertiary/aromatic N) is 4. The number of fused-ring (bicyclic) bond motifs is 1. The molecule has 0 spiro atoms. The van der Waals surface area contributed by atoms with Gasteiger partial charge in [0.2, 0.25) is 11.9 Å². The molecule has 0 unspecified atom stereocenters. The normalized spacial score (nSPS) is 14.2. The fraction of sp³-hybridized carbons (Fsp3) is 0.290. The monoisotopic (exact) mass is 571 g/mol. The van der Waals surface area contributed by atoms with Crippen LogP contribution in [0.5, 0.6) is 0 Å². The van der Waals surface area contributed by atoms with Crippen molar-refractivity contribution in [2.75, 3.05) is 44.4 Å². The van der Waals surface area contributed by atoms with Crippen LogP contribution in [0.25, 0.3) is 22.2 Å². The van der Waals surface area contributed by atoms with E-state index in [4.69, 9.17) is 16.6 Å². The van der Waals surface area contributed by atoms with Gasteiger partial charge in [-0.2, -0.15) is 0 Å². The van der Waals surface area contributed by atoms with Crippen molar-refractivity contribution >= 4 is 46.0 Å². The standard InChI is InChI=1S/C31H34ClN7O2/c1-20-17-22(35-28(40)9-6-14-38(2)3)10-11-23(20)30(41)39-15-12-21(13-16-39)36-31-34-19-26(32)29(37-31)25-18-33-27-8-5-4-7-24(25)27/h4-11,17-19,21,33H,12-16H2,1-3H3,(H,35,40)(H,34,36,37). The van der Waals surface area contributed by atoms with Gasteiger partial charge in [-0.15, -0.1) is 0 Å².